The molecule has 2 amide bonds. The lowest BCUT2D eigenvalue weighted by molar-refractivity contribution is 0.209. The summed E-state index contributed by atoms with van der Waals surface area (Å²) in [7, 11) is 0. The Kier molecular flexibility index (Phi) is 7.31. The molecule has 4 nitrogen and oxygen atoms in total. The van der Waals surface area contributed by atoms with Crippen molar-refractivity contribution in [2.45, 2.75) is 71.3 Å². The Morgan fingerprint density at radius 1 is 0.944 bits per heavy atom. The van der Waals surface area contributed by atoms with E-state index in [1.54, 1.807) is 4.90 Å². The van der Waals surface area contributed by atoms with Crippen molar-refractivity contribution < 1.29 is 9.53 Å². The molecule has 1 unspecified atom stereocenters. The Morgan fingerprint density at radius 3 is 2.39 bits per heavy atom. The highest BCUT2D eigenvalue weighted by Gasteiger charge is 2.28. The molecule has 0 radical (unpaired) electrons. The zero-order valence-electron chi connectivity index (χ0n) is 21.8. The van der Waals surface area contributed by atoms with Crippen LogP contribution in [0.3, 0.4) is 0 Å². The third-order valence-electron chi connectivity index (χ3n) is 8.04. The first-order valence-corrected chi connectivity index (χ1v) is 13.6. The molecule has 1 aliphatic carbocycles. The Morgan fingerprint density at radius 2 is 1.67 bits per heavy atom. The number of fused-ring (bicyclic) bond motifs is 1. The minimum atomic E-state index is -0.123. The lowest BCUT2D eigenvalue weighted by Crippen LogP contribution is -2.44. The van der Waals surface area contributed by atoms with Crippen molar-refractivity contribution in [2.75, 3.05) is 16.8 Å². The number of para-hydroxylation sites is 1. The molecule has 5 rings (SSSR count). The summed E-state index contributed by atoms with van der Waals surface area (Å²) < 4.78 is 6.19. The molecular weight excluding hydrogens is 444 g/mol. The number of amides is 2. The van der Waals surface area contributed by atoms with Gasteiger partial charge in [0.1, 0.15) is 11.9 Å². The van der Waals surface area contributed by atoms with Gasteiger partial charge in [0.2, 0.25) is 0 Å². The first kappa shape index (κ1) is 24.4. The highest BCUT2D eigenvalue weighted by Crippen LogP contribution is 2.40. The van der Waals surface area contributed by atoms with Gasteiger partial charge >= 0.3 is 6.03 Å². The molecule has 0 spiro atoms. The van der Waals surface area contributed by atoms with E-state index in [4.69, 9.17) is 4.74 Å². The standard InChI is InChI=1S/C32H38N2O2/c1-4-23-10-12-25(13-11-23)26-14-16-27(17-15-26)28-18-19-30-31(20-28)36-22(3)21-34(30)32(35)33-29-9-7-6-8-24(29)5-2/h6-9,14-20,22-23,25H,4-5,10-13,21H2,1-3H3,(H,33,35). The van der Waals surface area contributed by atoms with E-state index in [1.807, 2.05) is 31.2 Å². The van der Waals surface area contributed by atoms with Crippen molar-refractivity contribution in [1.29, 1.82) is 0 Å². The summed E-state index contributed by atoms with van der Waals surface area (Å²) in [6.45, 7) is 6.95. The fourth-order valence-corrected chi connectivity index (χ4v) is 5.80. The number of hydrogen-bond donors (Lipinski definition) is 1. The van der Waals surface area contributed by atoms with Crippen LogP contribution in [0.2, 0.25) is 0 Å². The van der Waals surface area contributed by atoms with Gasteiger partial charge in [0.25, 0.3) is 0 Å². The second-order valence-corrected chi connectivity index (χ2v) is 10.4. The maximum atomic E-state index is 13.3. The zero-order valence-corrected chi connectivity index (χ0v) is 21.8. The monoisotopic (exact) mass is 482 g/mol. The maximum absolute atomic E-state index is 13.3. The number of ether oxygens (including phenoxy) is 1. The molecule has 1 N–H and O–H groups in total. The number of carbonyl (C=O) groups excluding carboxylic acids is 1. The smallest absolute Gasteiger partial charge is 0.326 e. The SMILES string of the molecule is CCc1ccccc1NC(=O)N1CC(C)Oc2cc(-c3ccc(C4CCC(CC)CC4)cc3)ccc21. The molecule has 0 saturated heterocycles. The van der Waals surface area contributed by atoms with Gasteiger partial charge in [0.15, 0.2) is 0 Å². The van der Waals surface area contributed by atoms with Crippen LogP contribution in [0, 0.1) is 5.92 Å². The molecule has 3 aromatic carbocycles. The summed E-state index contributed by atoms with van der Waals surface area (Å²) in [5.74, 6) is 2.37. The molecule has 1 fully saturated rings. The van der Waals surface area contributed by atoms with E-state index in [-0.39, 0.29) is 12.1 Å². The van der Waals surface area contributed by atoms with E-state index >= 15 is 0 Å². The minimum absolute atomic E-state index is 0.0828. The van der Waals surface area contributed by atoms with Crippen LogP contribution in [-0.4, -0.2) is 18.7 Å². The van der Waals surface area contributed by atoms with Crippen LogP contribution < -0.4 is 15.0 Å². The molecule has 3 aromatic rings. The minimum Gasteiger partial charge on any atom is -0.487 e. The van der Waals surface area contributed by atoms with Crippen LogP contribution in [0.1, 0.15) is 69.9 Å². The number of anilines is 2. The van der Waals surface area contributed by atoms with Crippen LogP contribution in [0.15, 0.2) is 66.7 Å². The number of urea groups is 1. The van der Waals surface area contributed by atoms with Crippen molar-refractivity contribution in [3.8, 4) is 16.9 Å². The van der Waals surface area contributed by atoms with Gasteiger partial charge in [-0.25, -0.2) is 4.79 Å². The Hall–Kier alpha value is -3.27. The summed E-state index contributed by atoms with van der Waals surface area (Å²) in [5, 5.41) is 3.11. The van der Waals surface area contributed by atoms with Crippen LogP contribution >= 0.6 is 0 Å². The zero-order chi connectivity index (χ0) is 25.1. The van der Waals surface area contributed by atoms with Crippen molar-refractivity contribution in [2.24, 2.45) is 5.92 Å². The Bertz CT molecular complexity index is 1200. The Labute approximate surface area is 215 Å². The summed E-state index contributed by atoms with van der Waals surface area (Å²) in [6, 6.07) is 23.1. The van der Waals surface area contributed by atoms with E-state index in [0.29, 0.717) is 12.5 Å². The van der Waals surface area contributed by atoms with Crippen molar-refractivity contribution >= 4 is 17.4 Å². The summed E-state index contributed by atoms with van der Waals surface area (Å²) in [4.78, 5) is 15.1. The number of rotatable bonds is 5. The van der Waals surface area contributed by atoms with Crippen LogP contribution in [0.25, 0.3) is 11.1 Å². The maximum Gasteiger partial charge on any atom is 0.326 e. The van der Waals surface area contributed by atoms with Gasteiger partial charge < -0.3 is 10.1 Å². The lowest BCUT2D eigenvalue weighted by Gasteiger charge is -2.34. The van der Waals surface area contributed by atoms with Gasteiger partial charge in [-0.2, -0.15) is 0 Å². The van der Waals surface area contributed by atoms with Gasteiger partial charge in [0, 0.05) is 5.69 Å². The molecule has 1 atom stereocenters. The average molecular weight is 483 g/mol. The van der Waals surface area contributed by atoms with Gasteiger partial charge in [0.05, 0.1) is 12.2 Å². The second-order valence-electron chi connectivity index (χ2n) is 10.4. The average Bonchev–Trinajstić information content (AvgIpc) is 2.92. The Balaban J connectivity index is 1.33. The molecule has 0 aromatic heterocycles. The molecule has 1 aliphatic heterocycles. The highest BCUT2D eigenvalue weighted by atomic mass is 16.5. The summed E-state index contributed by atoms with van der Waals surface area (Å²) >= 11 is 0. The fourth-order valence-electron chi connectivity index (χ4n) is 5.80. The molecule has 1 heterocycles. The number of nitrogens with zero attached hydrogens (tertiary/aromatic N) is 1. The largest absolute Gasteiger partial charge is 0.487 e. The van der Waals surface area contributed by atoms with Gasteiger partial charge in [-0.15, -0.1) is 0 Å². The van der Waals surface area contributed by atoms with Gasteiger partial charge in [-0.3, -0.25) is 4.90 Å². The van der Waals surface area contributed by atoms with E-state index < -0.39 is 0 Å². The highest BCUT2D eigenvalue weighted by molar-refractivity contribution is 6.03. The number of hydrogen-bond acceptors (Lipinski definition) is 2. The summed E-state index contributed by atoms with van der Waals surface area (Å²) in [6.07, 6.45) is 7.44. The number of nitrogens with one attached hydrogen (secondary N) is 1. The molecule has 0 bridgehead atoms. The van der Waals surface area contributed by atoms with E-state index in [1.165, 1.54) is 43.2 Å². The molecule has 4 heteroatoms. The number of carbonyl (C=O) groups is 1. The third-order valence-corrected chi connectivity index (χ3v) is 8.04. The van der Waals surface area contributed by atoms with E-state index in [0.717, 1.165) is 40.6 Å². The third kappa shape index (κ3) is 5.13. The van der Waals surface area contributed by atoms with Gasteiger partial charge in [-0.05, 0) is 91.3 Å². The molecule has 1 saturated carbocycles. The predicted octanol–water partition coefficient (Wildman–Crippen LogP) is 8.42. The molecule has 36 heavy (non-hydrogen) atoms. The second kappa shape index (κ2) is 10.8. The normalized spacial score (nSPS) is 21.4. The van der Waals surface area contributed by atoms with E-state index in [2.05, 4.69) is 61.6 Å². The van der Waals surface area contributed by atoms with E-state index in [9.17, 15) is 4.79 Å². The van der Waals surface area contributed by atoms with Crippen LogP contribution in [0.5, 0.6) is 5.75 Å². The summed E-state index contributed by atoms with van der Waals surface area (Å²) in [5.41, 5.74) is 6.56. The first-order valence-electron chi connectivity index (χ1n) is 13.6. The number of aryl methyl sites for hydroxylation is 1. The van der Waals surface area contributed by atoms with Crippen molar-refractivity contribution in [1.82, 2.24) is 0 Å². The fraction of sp³-hybridized carbons (Fsp3) is 0.406. The molecule has 2 aliphatic rings. The number of benzene rings is 3. The molecule has 188 valence electrons. The quantitative estimate of drug-likeness (QED) is 0.396. The predicted molar refractivity (Wildman–Crippen MR) is 149 cm³/mol. The first-order chi connectivity index (χ1) is 17.6. The van der Waals surface area contributed by atoms with Gasteiger partial charge in [-0.1, -0.05) is 68.8 Å². The topological polar surface area (TPSA) is 41.6 Å². The molecular formula is C32H38N2O2. The lowest BCUT2D eigenvalue weighted by atomic mass is 9.77. The van der Waals surface area contributed by atoms with Crippen molar-refractivity contribution in [3.63, 3.8) is 0 Å². The van der Waals surface area contributed by atoms with Crippen LogP contribution in [-0.2, 0) is 6.42 Å². The van der Waals surface area contributed by atoms with Crippen molar-refractivity contribution in [3.05, 3.63) is 77.9 Å². The van der Waals surface area contributed by atoms with Crippen LogP contribution in [0.4, 0.5) is 16.2 Å².